The summed E-state index contributed by atoms with van der Waals surface area (Å²) in [7, 11) is 0. The van der Waals surface area contributed by atoms with Gasteiger partial charge in [0.05, 0.1) is 22.9 Å². The van der Waals surface area contributed by atoms with Crippen LogP contribution in [0.4, 0.5) is 85.5 Å². The number of nitro groups is 1. The number of nitro benzene ring substituents is 1. The van der Waals surface area contributed by atoms with E-state index in [2.05, 4.69) is 14.8 Å². The van der Waals surface area contributed by atoms with E-state index in [4.69, 9.17) is 9.47 Å². The van der Waals surface area contributed by atoms with Gasteiger partial charge in [0, 0.05) is 18.6 Å². The van der Waals surface area contributed by atoms with E-state index in [0.717, 1.165) is 38.1 Å². The second-order valence-corrected chi connectivity index (χ2v) is 10.4. The predicted molar refractivity (Wildman–Crippen MR) is 135 cm³/mol. The number of rotatable bonds is 13. The van der Waals surface area contributed by atoms with E-state index in [9.17, 15) is 90.0 Å². The first-order chi connectivity index (χ1) is 23.3. The monoisotopic (exact) mass is 792 g/mol. The molecule has 294 valence electrons. The van der Waals surface area contributed by atoms with E-state index in [1.165, 1.54) is 0 Å². The van der Waals surface area contributed by atoms with E-state index >= 15 is 0 Å². The second kappa shape index (κ2) is 14.7. The van der Waals surface area contributed by atoms with Gasteiger partial charge in [-0.05, 0) is 25.8 Å². The maximum Gasteiger partial charge on any atom is 0.513 e. The van der Waals surface area contributed by atoms with Gasteiger partial charge < -0.3 is 24.3 Å². The van der Waals surface area contributed by atoms with Crippen molar-refractivity contribution in [3.8, 4) is 0 Å². The summed E-state index contributed by atoms with van der Waals surface area (Å²) >= 11 is 0. The van der Waals surface area contributed by atoms with Gasteiger partial charge in [-0.2, -0.15) is 70.2 Å². The average Bonchev–Trinajstić information content (AvgIpc) is 2.99. The fraction of sp³-hybridized carbons (Fsp3) is 0.538. The molecule has 1 unspecified atom stereocenters. The average molecular weight is 792 g/mol. The number of nitrogens with zero attached hydrogens (tertiary/aromatic N) is 1. The van der Waals surface area contributed by atoms with Crippen molar-refractivity contribution in [2.24, 2.45) is 0 Å². The van der Waals surface area contributed by atoms with Crippen LogP contribution in [0.25, 0.3) is 0 Å². The number of alkyl halides is 16. The number of ether oxygens (including phenoxy) is 4. The molecule has 1 heterocycles. The van der Waals surface area contributed by atoms with Crippen LogP contribution in [0.2, 0.25) is 0 Å². The fourth-order valence-corrected chi connectivity index (χ4v) is 4.14. The van der Waals surface area contributed by atoms with E-state index < -0.39 is 108 Å². The highest BCUT2D eigenvalue weighted by Gasteiger charge is 2.90. The molecule has 1 aromatic carbocycles. The predicted octanol–water partition coefficient (Wildman–Crippen LogP) is 9.13. The Morgan fingerprint density at radius 1 is 0.750 bits per heavy atom. The quantitative estimate of drug-likeness (QED) is 0.0685. The summed E-state index contributed by atoms with van der Waals surface area (Å²) in [6, 6.07) is 3.90. The van der Waals surface area contributed by atoms with Crippen LogP contribution in [0.15, 0.2) is 47.2 Å². The molecule has 0 aliphatic carbocycles. The zero-order valence-corrected chi connectivity index (χ0v) is 25.5. The molecule has 0 bridgehead atoms. The first-order valence-corrected chi connectivity index (χ1v) is 13.5. The molecule has 0 radical (unpaired) electrons. The highest BCUT2D eigenvalue weighted by molar-refractivity contribution is 5.65. The smallest absolute Gasteiger partial charge is 0.434 e. The van der Waals surface area contributed by atoms with Crippen LogP contribution in [0, 0.1) is 10.1 Å². The Balaban J connectivity index is 2.29. The molecule has 0 saturated carbocycles. The number of non-ortho nitro benzene ring substituents is 1. The van der Waals surface area contributed by atoms with Gasteiger partial charge in [0.15, 0.2) is 6.61 Å². The Labute approximate surface area is 278 Å². The van der Waals surface area contributed by atoms with Crippen molar-refractivity contribution in [2.45, 2.75) is 74.6 Å². The number of dihydropyridines is 1. The molecule has 26 heteroatoms. The minimum atomic E-state index is -8.11. The first-order valence-electron chi connectivity index (χ1n) is 13.5. The lowest BCUT2D eigenvalue weighted by atomic mass is 9.90. The van der Waals surface area contributed by atoms with Crippen LogP contribution in [0.1, 0.15) is 38.2 Å². The molecular weight excluding hydrogens is 772 g/mol. The van der Waals surface area contributed by atoms with Crippen LogP contribution in [0.3, 0.4) is 0 Å². The molecule has 1 aromatic rings. The largest absolute Gasteiger partial charge is 0.513 e. The van der Waals surface area contributed by atoms with Crippen molar-refractivity contribution < 1.29 is 104 Å². The molecular formula is C26H20F16N2O8. The standard InChI is InChI=1S/C26H20F16N2O8/c1-11-16(15(13-5-3-6-14(9-13)44(47)48)17(12(2)43-11)52-19(46)50-10-21(29,30)31)51-18(45)49-8-4-7-20(27,28)22(32,33)23(34,35)24(36,37)25(38,39)26(40,41)42/h3,5-6,9,15,43H,4,7-8,10H2,1-2H3. The Morgan fingerprint density at radius 3 is 1.69 bits per heavy atom. The number of hydrogen-bond donors (Lipinski definition) is 1. The molecule has 1 atom stereocenters. The van der Waals surface area contributed by atoms with Crippen molar-refractivity contribution in [1.29, 1.82) is 0 Å². The number of nitrogens with one attached hydrogen (secondary N) is 1. The molecule has 1 aliphatic rings. The Morgan fingerprint density at radius 2 is 1.23 bits per heavy atom. The second-order valence-electron chi connectivity index (χ2n) is 10.4. The van der Waals surface area contributed by atoms with Crippen molar-refractivity contribution >= 4 is 18.0 Å². The molecule has 1 aliphatic heterocycles. The number of hydrogen-bond acceptors (Lipinski definition) is 9. The molecule has 2 rings (SSSR count). The Hall–Kier alpha value is -4.68. The maximum atomic E-state index is 14.0. The lowest BCUT2D eigenvalue weighted by Gasteiger charge is -2.39. The van der Waals surface area contributed by atoms with Crippen molar-refractivity contribution in [3.05, 3.63) is 62.9 Å². The summed E-state index contributed by atoms with van der Waals surface area (Å²) in [6.07, 6.45) is -21.0. The van der Waals surface area contributed by atoms with Crippen LogP contribution < -0.4 is 5.32 Å². The van der Waals surface area contributed by atoms with Crippen LogP contribution in [-0.2, 0) is 18.9 Å². The molecule has 10 nitrogen and oxygen atoms in total. The molecule has 0 amide bonds. The minimum Gasteiger partial charge on any atom is -0.434 e. The highest BCUT2D eigenvalue weighted by Crippen LogP contribution is 2.60. The van der Waals surface area contributed by atoms with Gasteiger partial charge in [-0.15, -0.1) is 0 Å². The summed E-state index contributed by atoms with van der Waals surface area (Å²) in [4.78, 5) is 34.9. The van der Waals surface area contributed by atoms with E-state index in [1.54, 1.807) is 0 Å². The van der Waals surface area contributed by atoms with Crippen LogP contribution >= 0.6 is 0 Å². The molecule has 0 spiro atoms. The van der Waals surface area contributed by atoms with Crippen LogP contribution in [0.5, 0.6) is 0 Å². The molecule has 52 heavy (non-hydrogen) atoms. The fourth-order valence-electron chi connectivity index (χ4n) is 4.14. The molecule has 0 fully saturated rings. The number of benzene rings is 1. The molecule has 0 aromatic heterocycles. The van der Waals surface area contributed by atoms with Gasteiger partial charge in [-0.1, -0.05) is 12.1 Å². The third kappa shape index (κ3) is 8.85. The third-order valence-electron chi connectivity index (χ3n) is 6.65. The third-order valence-corrected chi connectivity index (χ3v) is 6.65. The number of halogens is 16. The number of carbonyl (C=O) groups is 2. The zero-order valence-electron chi connectivity index (χ0n) is 25.5. The van der Waals surface area contributed by atoms with Gasteiger partial charge in [-0.25, -0.2) is 9.59 Å². The lowest BCUT2D eigenvalue weighted by molar-refractivity contribution is -0.440. The van der Waals surface area contributed by atoms with Gasteiger partial charge in [-0.3, -0.25) is 10.1 Å². The first kappa shape index (κ1) is 43.5. The highest BCUT2D eigenvalue weighted by atomic mass is 19.4. The Kier molecular flexibility index (Phi) is 12.3. The van der Waals surface area contributed by atoms with E-state index in [1.807, 2.05) is 0 Å². The zero-order chi connectivity index (χ0) is 40.5. The summed E-state index contributed by atoms with van der Waals surface area (Å²) in [6.45, 7) is -1.43. The maximum absolute atomic E-state index is 14.0. The number of carbonyl (C=O) groups excluding carboxylic acids is 2. The summed E-state index contributed by atoms with van der Waals surface area (Å²) in [5.41, 5.74) is -1.34. The van der Waals surface area contributed by atoms with Gasteiger partial charge in [0.1, 0.15) is 17.4 Å². The lowest BCUT2D eigenvalue weighted by Crippen LogP contribution is -2.70. The van der Waals surface area contributed by atoms with Gasteiger partial charge >= 0.3 is 54.3 Å². The van der Waals surface area contributed by atoms with Gasteiger partial charge in [0.25, 0.3) is 5.69 Å². The van der Waals surface area contributed by atoms with Crippen LogP contribution in [-0.4, -0.2) is 72.4 Å². The summed E-state index contributed by atoms with van der Waals surface area (Å²) in [5, 5.41) is 13.8. The van der Waals surface area contributed by atoms with Gasteiger partial charge in [0.2, 0.25) is 0 Å². The van der Waals surface area contributed by atoms with Crippen molar-refractivity contribution in [1.82, 2.24) is 5.32 Å². The Bertz CT molecular complexity index is 1590. The summed E-state index contributed by atoms with van der Waals surface area (Å²) in [5.74, 6) is -41.3. The van der Waals surface area contributed by atoms with E-state index in [0.29, 0.717) is 0 Å². The van der Waals surface area contributed by atoms with E-state index in [-0.39, 0.29) is 17.0 Å². The topological polar surface area (TPSA) is 126 Å². The SMILES string of the molecule is CC1=C(OC(=O)OCCCC(F)(F)C(F)(F)C(F)(F)C(F)(F)C(F)(F)C(F)(F)F)C(c2cccc([N+](=O)[O-])c2)C(OC(=O)OCC(F)(F)F)=C(C)N1. The number of allylic oxidation sites excluding steroid dienone is 2. The molecule has 0 saturated heterocycles. The summed E-state index contributed by atoms with van der Waals surface area (Å²) < 4.78 is 228. The molecule has 1 N–H and O–H groups in total. The van der Waals surface area contributed by atoms with Crippen molar-refractivity contribution in [2.75, 3.05) is 13.2 Å². The van der Waals surface area contributed by atoms with Crippen molar-refractivity contribution in [3.63, 3.8) is 0 Å². The minimum absolute atomic E-state index is 0.197. The normalized spacial score (nSPS) is 16.7.